The molecule has 0 atom stereocenters. The molecule has 8 aromatic heterocycles. The fourth-order valence-corrected chi connectivity index (χ4v) is 13.6. The van der Waals surface area contributed by atoms with Crippen LogP contribution in [0.2, 0.25) is 0 Å². The standard InChI is InChI=1S/C25H27N2.C23H15N2.C22H15N2.C18H13N2.4Ir/c1-2-3-4-5-6-11-18-27-24-14-8-7-12-21(24)22-16-15-20(19-25(22)27)23-13-9-10-17-26-23;1-2-8-18(9-3-1)25-22-12-5-4-10-19(22)20-14-13-17(16-23(20)25)21-11-6-7-15-24-21;1-24-21-9-5-3-7-17(21)18-12-10-16(14-22(18)24)20-13-11-15-6-2-4-8-19(15)23-20;1-20-17-8-3-2-6-14(17)15-10-9-13(12-18(15)20)16-7-4-5-11-19-16;;;;/h7-10,12-14,16-17,19H,2-6,11,18H2,1H3;1-12,14-16H;2-9,11-14H,1H3;2-8,10-12H,1H3;;;;/q4*-1;;;;. The number of fused-ring (bicyclic) bond motifs is 13. The summed E-state index contributed by atoms with van der Waals surface area (Å²) >= 11 is 0. The average Bonchev–Trinajstić information content (AvgIpc) is 1.62. The number of rotatable bonds is 12. The Bertz CT molecular complexity index is 5750. The molecule has 10 aromatic carbocycles. The summed E-state index contributed by atoms with van der Waals surface area (Å²) in [6.45, 7) is 3.34. The summed E-state index contributed by atoms with van der Waals surface area (Å²) in [5.41, 5.74) is 20.0. The molecule has 8 heterocycles. The van der Waals surface area contributed by atoms with E-state index in [9.17, 15) is 0 Å². The molecule has 0 saturated heterocycles. The van der Waals surface area contributed by atoms with E-state index in [4.69, 9.17) is 4.98 Å². The second kappa shape index (κ2) is 33.3. The van der Waals surface area contributed by atoms with Gasteiger partial charge in [-0.3, -0.25) is 4.98 Å². The number of benzene rings is 10. The van der Waals surface area contributed by atoms with Gasteiger partial charge in [0, 0.05) is 147 Å². The summed E-state index contributed by atoms with van der Waals surface area (Å²) < 4.78 is 9.27. The van der Waals surface area contributed by atoms with Crippen molar-refractivity contribution >= 4 is 98.1 Å². The molecule has 8 nitrogen and oxygen atoms in total. The number of aromatic nitrogens is 8. The molecule has 12 heteroatoms. The molecule has 0 bridgehead atoms. The Balaban J connectivity index is 0.000000133. The maximum Gasteiger partial charge on any atom is 0.0595 e. The third kappa shape index (κ3) is 14.9. The normalized spacial score (nSPS) is 10.9. The monoisotopic (exact) mass is 2010 g/mol. The first kappa shape index (κ1) is 72.1. The molecular weight excluding hydrogens is 1940 g/mol. The van der Waals surface area contributed by atoms with Gasteiger partial charge in [-0.1, -0.05) is 218 Å². The van der Waals surface area contributed by atoms with Crippen LogP contribution in [0.5, 0.6) is 0 Å². The fraction of sp³-hybridized carbons (Fsp3) is 0.114. The number of nitrogens with zero attached hydrogens (tertiary/aromatic N) is 8. The minimum Gasteiger partial charge on any atom is -0.361 e. The van der Waals surface area contributed by atoms with Crippen molar-refractivity contribution in [2.24, 2.45) is 14.1 Å². The average molecular weight is 2010 g/mol. The Morgan fingerprint density at radius 2 is 0.700 bits per heavy atom. The molecule has 0 spiro atoms. The van der Waals surface area contributed by atoms with Crippen molar-refractivity contribution in [3.63, 3.8) is 0 Å². The van der Waals surface area contributed by atoms with E-state index in [0.717, 1.165) is 68.2 Å². The van der Waals surface area contributed by atoms with Gasteiger partial charge >= 0.3 is 0 Å². The van der Waals surface area contributed by atoms with Gasteiger partial charge in [0.05, 0.1) is 5.52 Å². The molecule has 0 fully saturated rings. The zero-order valence-corrected chi connectivity index (χ0v) is 65.1. The third-order valence-electron chi connectivity index (χ3n) is 18.4. The first-order valence-corrected chi connectivity index (χ1v) is 33.3. The molecular formula is C88H70Ir4N8-4. The van der Waals surface area contributed by atoms with Crippen LogP contribution in [0.4, 0.5) is 0 Å². The zero-order valence-electron chi connectivity index (χ0n) is 55.5. The Labute approximate surface area is 637 Å². The van der Waals surface area contributed by atoms with Crippen LogP contribution >= 0.6 is 0 Å². The number of aryl methyl sites for hydroxylation is 3. The van der Waals surface area contributed by atoms with Crippen molar-refractivity contribution in [1.29, 1.82) is 0 Å². The van der Waals surface area contributed by atoms with Crippen molar-refractivity contribution in [2.45, 2.75) is 52.0 Å². The maximum absolute atomic E-state index is 4.80. The van der Waals surface area contributed by atoms with Gasteiger partial charge in [-0.25, -0.2) is 0 Å². The summed E-state index contributed by atoms with van der Waals surface area (Å²) in [6, 6.07) is 106. The largest absolute Gasteiger partial charge is 0.361 e. The Morgan fingerprint density at radius 1 is 0.310 bits per heavy atom. The maximum atomic E-state index is 4.80. The summed E-state index contributed by atoms with van der Waals surface area (Å²) in [7, 11) is 4.22. The number of pyridine rings is 4. The second-order valence-electron chi connectivity index (χ2n) is 24.4. The Hall–Kier alpha value is -9.14. The van der Waals surface area contributed by atoms with Gasteiger partial charge < -0.3 is 33.2 Å². The fourth-order valence-electron chi connectivity index (χ4n) is 13.6. The quantitative estimate of drug-likeness (QED) is 0.0903. The molecule has 4 radical (unpaired) electrons. The van der Waals surface area contributed by atoms with Crippen molar-refractivity contribution in [3.8, 4) is 50.7 Å². The molecule has 502 valence electrons. The predicted octanol–water partition coefficient (Wildman–Crippen LogP) is 22.2. The molecule has 0 N–H and O–H groups in total. The topological polar surface area (TPSA) is 71.3 Å². The van der Waals surface area contributed by atoms with E-state index in [1.807, 2.05) is 91.4 Å². The molecule has 18 aromatic rings. The first-order chi connectivity index (χ1) is 47.5. The van der Waals surface area contributed by atoms with Crippen molar-refractivity contribution in [1.82, 2.24) is 38.2 Å². The van der Waals surface area contributed by atoms with Gasteiger partial charge in [0.15, 0.2) is 0 Å². The summed E-state index contributed by atoms with van der Waals surface area (Å²) in [5, 5.41) is 11.2. The third-order valence-corrected chi connectivity index (χ3v) is 18.4. The van der Waals surface area contributed by atoms with Crippen LogP contribution in [0.25, 0.3) is 149 Å². The Morgan fingerprint density at radius 3 is 1.22 bits per heavy atom. The van der Waals surface area contributed by atoms with Gasteiger partial charge in [0.2, 0.25) is 0 Å². The summed E-state index contributed by atoms with van der Waals surface area (Å²) in [5.74, 6) is 0. The number of unbranched alkanes of at least 4 members (excludes halogenated alkanes) is 5. The molecule has 0 aliphatic rings. The smallest absolute Gasteiger partial charge is 0.0595 e. The molecule has 100 heavy (non-hydrogen) atoms. The van der Waals surface area contributed by atoms with Crippen molar-refractivity contribution in [2.75, 3.05) is 0 Å². The van der Waals surface area contributed by atoms with Gasteiger partial charge in [-0.05, 0) is 139 Å². The van der Waals surface area contributed by atoms with E-state index >= 15 is 0 Å². The second-order valence-corrected chi connectivity index (χ2v) is 24.4. The molecule has 18 rings (SSSR count). The first-order valence-electron chi connectivity index (χ1n) is 33.3. The zero-order chi connectivity index (χ0) is 64.7. The van der Waals surface area contributed by atoms with Crippen molar-refractivity contribution < 1.29 is 80.4 Å². The number of para-hydroxylation sites is 6. The summed E-state index contributed by atoms with van der Waals surface area (Å²) in [6.07, 6.45) is 13.4. The van der Waals surface area contributed by atoms with Crippen LogP contribution in [0, 0.1) is 24.3 Å². The van der Waals surface area contributed by atoms with Gasteiger partial charge in [0.1, 0.15) is 0 Å². The molecule has 0 unspecified atom stereocenters. The minimum absolute atomic E-state index is 0. The molecule has 0 amide bonds. The predicted molar refractivity (Wildman–Crippen MR) is 400 cm³/mol. The van der Waals surface area contributed by atoms with Crippen molar-refractivity contribution in [3.05, 3.63) is 310 Å². The number of hydrogen-bond donors (Lipinski definition) is 0. The van der Waals surface area contributed by atoms with Gasteiger partial charge in [-0.15, -0.1) is 95.1 Å². The molecule has 0 saturated carbocycles. The van der Waals surface area contributed by atoms with E-state index in [-0.39, 0.29) is 80.4 Å². The molecule has 0 aliphatic carbocycles. The minimum atomic E-state index is 0. The van der Waals surface area contributed by atoms with Crippen LogP contribution in [-0.2, 0) is 101 Å². The van der Waals surface area contributed by atoms with E-state index in [0.29, 0.717) is 0 Å². The summed E-state index contributed by atoms with van der Waals surface area (Å²) in [4.78, 5) is 18.2. The van der Waals surface area contributed by atoms with Crippen LogP contribution < -0.4 is 0 Å². The van der Waals surface area contributed by atoms with Crippen LogP contribution in [0.15, 0.2) is 286 Å². The Kier molecular flexibility index (Phi) is 24.1. The van der Waals surface area contributed by atoms with E-state index in [2.05, 4.69) is 273 Å². The van der Waals surface area contributed by atoms with Crippen LogP contribution in [0.3, 0.4) is 0 Å². The van der Waals surface area contributed by atoms with E-state index in [1.54, 1.807) is 0 Å². The van der Waals surface area contributed by atoms with Crippen LogP contribution in [0.1, 0.15) is 45.4 Å². The van der Waals surface area contributed by atoms with E-state index < -0.39 is 0 Å². The SMILES string of the molecule is CCCCCCCCn1c2ccccc2c2c[c-]c(-c3ccccn3)cc21.Cn1c2ccccc2c2c[c-]c(-c3ccc4ccccc4n3)cc21.Cn1c2ccccc2c2c[c-]c(-c3ccccn3)cc21.[Ir].[Ir].[Ir].[Ir].[c-]1cc2c3ccccc3n(-c3ccccc3)c2cc1-c1ccccn1. The van der Waals surface area contributed by atoms with Crippen LogP contribution in [-0.4, -0.2) is 38.2 Å². The number of hydrogen-bond acceptors (Lipinski definition) is 4. The molecule has 0 aliphatic heterocycles. The van der Waals surface area contributed by atoms with Gasteiger partial charge in [-0.2, -0.15) is 0 Å². The van der Waals surface area contributed by atoms with E-state index in [1.165, 1.54) is 126 Å². The van der Waals surface area contributed by atoms with Gasteiger partial charge in [0.25, 0.3) is 0 Å².